The quantitative estimate of drug-likeness (QED) is 0.778. The molecular weight excluding hydrogens is 421 g/mol. The Bertz CT molecular complexity index is 1120. The largest absolute Gasteiger partial charge is 0.347 e. The predicted molar refractivity (Wildman–Crippen MR) is 102 cm³/mol. The van der Waals surface area contributed by atoms with Gasteiger partial charge in [0, 0.05) is 19.0 Å². The minimum atomic E-state index is -3.48. The number of rotatable bonds is 4. The molecule has 0 amide bonds. The van der Waals surface area contributed by atoms with Gasteiger partial charge >= 0.3 is 0 Å². The highest BCUT2D eigenvalue weighted by atomic mass is 32.2. The second-order valence-electron chi connectivity index (χ2n) is 7.85. The van der Waals surface area contributed by atoms with Gasteiger partial charge in [0.05, 0.1) is 24.2 Å². The fourth-order valence-corrected chi connectivity index (χ4v) is 5.11. The SMILES string of the molecule is CS(=O)(=O)N1CC[C@@H](Nc2ncc3c(F)c(C#N)c(C4CCC(F)C4)n3n2)[C@H](F)C1. The van der Waals surface area contributed by atoms with E-state index in [1.54, 1.807) is 0 Å². The van der Waals surface area contributed by atoms with Gasteiger partial charge in [0.25, 0.3) is 0 Å². The van der Waals surface area contributed by atoms with Gasteiger partial charge in [-0.2, -0.15) is 9.57 Å². The molecule has 2 aliphatic rings. The number of nitrogens with one attached hydrogen (secondary N) is 1. The lowest BCUT2D eigenvalue weighted by molar-refractivity contribution is 0.186. The Kier molecular flexibility index (Phi) is 5.36. The molecule has 3 heterocycles. The molecule has 1 saturated heterocycles. The lowest BCUT2D eigenvalue weighted by Crippen LogP contribution is -2.49. The van der Waals surface area contributed by atoms with Crippen LogP contribution < -0.4 is 5.32 Å². The highest BCUT2D eigenvalue weighted by molar-refractivity contribution is 7.88. The van der Waals surface area contributed by atoms with Gasteiger partial charge in [-0.25, -0.2) is 31.1 Å². The zero-order valence-electron chi connectivity index (χ0n) is 16.2. The average Bonchev–Trinajstić information content (AvgIpc) is 3.23. The summed E-state index contributed by atoms with van der Waals surface area (Å²) in [6.45, 7) is -0.123. The summed E-state index contributed by atoms with van der Waals surface area (Å²) in [4.78, 5) is 4.03. The zero-order chi connectivity index (χ0) is 21.6. The standard InChI is InChI=1S/C18H21F3N6O2S/c1-30(28,29)26-5-4-14(13(20)9-26)24-18-23-8-15-16(21)12(7-22)17(27(15)25-18)10-2-3-11(19)6-10/h8,10-11,13-14H,2-6,9H2,1H3,(H,24,25)/t10?,11?,13-,14-/m1/s1. The number of nitriles is 1. The fraction of sp³-hybridized carbons (Fsp3) is 0.611. The van der Waals surface area contributed by atoms with E-state index in [-0.39, 0.29) is 48.9 Å². The molecule has 0 spiro atoms. The Labute approximate surface area is 171 Å². The lowest BCUT2D eigenvalue weighted by atomic mass is 10.0. The topological polar surface area (TPSA) is 103 Å². The Balaban J connectivity index is 1.63. The lowest BCUT2D eigenvalue weighted by Gasteiger charge is -2.33. The molecular formula is C18H21F3N6O2S. The van der Waals surface area contributed by atoms with Crippen LogP contribution in [0.3, 0.4) is 0 Å². The van der Waals surface area contributed by atoms with Crippen molar-refractivity contribution in [2.75, 3.05) is 24.7 Å². The number of hydrogen-bond acceptors (Lipinski definition) is 6. The van der Waals surface area contributed by atoms with Crippen LogP contribution in [0.15, 0.2) is 6.20 Å². The number of aromatic nitrogens is 3. The van der Waals surface area contributed by atoms with E-state index in [1.165, 1.54) is 10.7 Å². The molecule has 1 aliphatic heterocycles. The van der Waals surface area contributed by atoms with Gasteiger partial charge in [0.2, 0.25) is 16.0 Å². The summed E-state index contributed by atoms with van der Waals surface area (Å²) in [5.74, 6) is -1.08. The van der Waals surface area contributed by atoms with Crippen LogP contribution in [0.4, 0.5) is 19.1 Å². The molecule has 2 fully saturated rings. The first kappa shape index (κ1) is 20.9. The number of sulfonamides is 1. The minimum Gasteiger partial charge on any atom is -0.347 e. The van der Waals surface area contributed by atoms with Crippen molar-refractivity contribution >= 4 is 21.5 Å². The summed E-state index contributed by atoms with van der Waals surface area (Å²) < 4.78 is 68.5. The normalized spacial score (nSPS) is 28.0. The van der Waals surface area contributed by atoms with Crippen molar-refractivity contribution in [2.45, 2.75) is 50.0 Å². The predicted octanol–water partition coefficient (Wildman–Crippen LogP) is 2.13. The molecule has 8 nitrogen and oxygen atoms in total. The van der Waals surface area contributed by atoms with Crippen molar-refractivity contribution in [3.8, 4) is 6.07 Å². The van der Waals surface area contributed by atoms with E-state index in [0.29, 0.717) is 18.5 Å². The van der Waals surface area contributed by atoms with E-state index in [1.807, 2.05) is 6.07 Å². The number of hydrogen-bond donors (Lipinski definition) is 1. The maximum Gasteiger partial charge on any atom is 0.241 e. The summed E-state index contributed by atoms with van der Waals surface area (Å²) in [5.41, 5.74) is 0.128. The van der Waals surface area contributed by atoms with Gasteiger partial charge in [0.1, 0.15) is 29.5 Å². The number of piperidine rings is 1. The minimum absolute atomic E-state index is 0.00176. The molecule has 4 atom stereocenters. The first-order valence-corrected chi connectivity index (χ1v) is 11.5. The van der Waals surface area contributed by atoms with Gasteiger partial charge in [0.15, 0.2) is 5.82 Å². The van der Waals surface area contributed by atoms with Crippen molar-refractivity contribution < 1.29 is 21.6 Å². The molecule has 162 valence electrons. The summed E-state index contributed by atoms with van der Waals surface area (Å²) in [6.07, 6.45) is 0.947. The molecule has 2 unspecified atom stereocenters. The third-order valence-electron chi connectivity index (χ3n) is 5.82. The second kappa shape index (κ2) is 7.70. The number of alkyl halides is 2. The van der Waals surface area contributed by atoms with E-state index < -0.39 is 34.2 Å². The highest BCUT2D eigenvalue weighted by Crippen LogP contribution is 2.39. The summed E-state index contributed by atoms with van der Waals surface area (Å²) in [7, 11) is -3.48. The molecule has 0 bridgehead atoms. The maximum atomic E-state index is 14.7. The van der Waals surface area contributed by atoms with E-state index in [0.717, 1.165) is 10.6 Å². The van der Waals surface area contributed by atoms with Crippen molar-refractivity contribution in [1.82, 2.24) is 18.9 Å². The molecule has 1 aliphatic carbocycles. The average molecular weight is 442 g/mol. The maximum absolute atomic E-state index is 14.7. The Hall–Kier alpha value is -2.39. The Morgan fingerprint density at radius 1 is 1.30 bits per heavy atom. The van der Waals surface area contributed by atoms with Gasteiger partial charge in [-0.3, -0.25) is 0 Å². The second-order valence-corrected chi connectivity index (χ2v) is 9.83. The van der Waals surface area contributed by atoms with Crippen LogP contribution in [-0.2, 0) is 10.0 Å². The van der Waals surface area contributed by atoms with Crippen LogP contribution in [0.2, 0.25) is 0 Å². The number of nitrogens with zero attached hydrogens (tertiary/aromatic N) is 5. The van der Waals surface area contributed by atoms with Crippen LogP contribution >= 0.6 is 0 Å². The Morgan fingerprint density at radius 3 is 2.67 bits per heavy atom. The number of fused-ring (bicyclic) bond motifs is 1. The summed E-state index contributed by atoms with van der Waals surface area (Å²) in [6, 6.07) is 1.12. The molecule has 2 aromatic rings. The van der Waals surface area contributed by atoms with Crippen LogP contribution in [0, 0.1) is 17.1 Å². The molecule has 0 radical (unpaired) electrons. The number of anilines is 1. The van der Waals surface area contributed by atoms with Gasteiger partial charge in [-0.15, -0.1) is 5.10 Å². The Morgan fingerprint density at radius 2 is 2.07 bits per heavy atom. The first-order chi connectivity index (χ1) is 14.2. The van der Waals surface area contributed by atoms with Crippen LogP contribution in [0.1, 0.15) is 42.9 Å². The third-order valence-corrected chi connectivity index (χ3v) is 7.09. The van der Waals surface area contributed by atoms with E-state index in [2.05, 4.69) is 15.4 Å². The zero-order valence-corrected chi connectivity index (χ0v) is 17.0. The third kappa shape index (κ3) is 3.72. The number of halogens is 3. The molecule has 1 N–H and O–H groups in total. The highest BCUT2D eigenvalue weighted by Gasteiger charge is 2.35. The van der Waals surface area contributed by atoms with Gasteiger partial charge in [-0.05, 0) is 25.7 Å². The summed E-state index contributed by atoms with van der Waals surface area (Å²) >= 11 is 0. The van der Waals surface area contributed by atoms with Crippen molar-refractivity contribution in [1.29, 1.82) is 5.26 Å². The van der Waals surface area contributed by atoms with Crippen LogP contribution in [0.5, 0.6) is 0 Å². The molecule has 30 heavy (non-hydrogen) atoms. The van der Waals surface area contributed by atoms with Crippen LogP contribution in [-0.4, -0.2) is 65.1 Å². The van der Waals surface area contributed by atoms with Gasteiger partial charge in [-0.1, -0.05) is 0 Å². The first-order valence-electron chi connectivity index (χ1n) is 9.66. The monoisotopic (exact) mass is 442 g/mol. The van der Waals surface area contributed by atoms with Crippen molar-refractivity contribution in [3.63, 3.8) is 0 Å². The smallest absolute Gasteiger partial charge is 0.241 e. The van der Waals surface area contributed by atoms with Crippen molar-refractivity contribution in [2.24, 2.45) is 0 Å². The van der Waals surface area contributed by atoms with E-state index in [9.17, 15) is 26.9 Å². The van der Waals surface area contributed by atoms with Crippen LogP contribution in [0.25, 0.3) is 5.52 Å². The fourth-order valence-electron chi connectivity index (χ4n) is 4.26. The van der Waals surface area contributed by atoms with Crippen molar-refractivity contribution in [3.05, 3.63) is 23.3 Å². The molecule has 2 aromatic heterocycles. The molecule has 4 rings (SSSR count). The molecule has 12 heteroatoms. The molecule has 1 saturated carbocycles. The van der Waals surface area contributed by atoms with Gasteiger partial charge < -0.3 is 5.32 Å². The summed E-state index contributed by atoms with van der Waals surface area (Å²) in [5, 5.41) is 16.5. The van der Waals surface area contributed by atoms with E-state index >= 15 is 0 Å². The van der Waals surface area contributed by atoms with E-state index in [4.69, 9.17) is 0 Å². The molecule has 0 aromatic carbocycles.